The minimum atomic E-state index is -0.0166. The summed E-state index contributed by atoms with van der Waals surface area (Å²) in [7, 11) is 0. The topological polar surface area (TPSA) is 57.8 Å². The number of hydrogen-bond donors (Lipinski definition) is 1. The average molecular weight is 371 g/mol. The number of benzene rings is 1. The van der Waals surface area contributed by atoms with Gasteiger partial charge in [-0.25, -0.2) is 4.98 Å². The second kappa shape index (κ2) is 6.50. The van der Waals surface area contributed by atoms with Crippen LogP contribution in [0.5, 0.6) is 5.75 Å². The van der Waals surface area contributed by atoms with Gasteiger partial charge in [0.2, 0.25) is 0 Å². The summed E-state index contributed by atoms with van der Waals surface area (Å²) < 4.78 is 2.01. The quantitative estimate of drug-likeness (QED) is 0.567. The molecule has 4 aromatic rings. The zero-order chi connectivity index (χ0) is 17.4. The second-order valence-corrected chi connectivity index (χ2v) is 7.73. The van der Waals surface area contributed by atoms with Crippen LogP contribution in [0.25, 0.3) is 15.3 Å². The van der Waals surface area contributed by atoms with Gasteiger partial charge in [-0.05, 0) is 18.6 Å². The largest absolute Gasteiger partial charge is 0.508 e. The summed E-state index contributed by atoms with van der Waals surface area (Å²) in [6, 6.07) is 9.07. The number of aromatic hydroxyl groups is 1. The number of para-hydroxylation sites is 1. The fraction of sp³-hybridized carbons (Fsp3) is 0.222. The van der Waals surface area contributed by atoms with Crippen molar-refractivity contribution in [2.24, 2.45) is 0 Å². The molecule has 5 nitrogen and oxygen atoms in total. The number of imidazole rings is 1. The molecule has 1 aromatic carbocycles. The number of nitrogens with zero attached hydrogens (tertiary/aromatic N) is 3. The SMILES string of the molecule is CCCN(Cc1ccccc1O)C(=O)c1cc2c(nc3sccn32)s1. The Balaban J connectivity index is 1.65. The molecule has 0 aliphatic heterocycles. The van der Waals surface area contributed by atoms with Crippen molar-refractivity contribution >= 4 is 43.9 Å². The molecule has 0 spiro atoms. The van der Waals surface area contributed by atoms with Gasteiger partial charge in [-0.15, -0.1) is 22.7 Å². The van der Waals surface area contributed by atoms with Crippen molar-refractivity contribution in [3.63, 3.8) is 0 Å². The van der Waals surface area contributed by atoms with Crippen LogP contribution in [0, 0.1) is 0 Å². The Hall–Kier alpha value is -2.38. The van der Waals surface area contributed by atoms with E-state index in [0.29, 0.717) is 18.0 Å². The number of amides is 1. The van der Waals surface area contributed by atoms with E-state index in [2.05, 4.69) is 4.98 Å². The van der Waals surface area contributed by atoms with E-state index in [1.807, 2.05) is 41.1 Å². The summed E-state index contributed by atoms with van der Waals surface area (Å²) in [5, 5.41) is 12.0. The number of thiophene rings is 1. The van der Waals surface area contributed by atoms with E-state index < -0.39 is 0 Å². The number of aromatic nitrogens is 2. The molecule has 0 unspecified atom stereocenters. The zero-order valence-electron chi connectivity index (χ0n) is 13.7. The van der Waals surface area contributed by atoms with Crippen molar-refractivity contribution in [1.82, 2.24) is 14.3 Å². The summed E-state index contributed by atoms with van der Waals surface area (Å²) in [5.74, 6) is 0.204. The van der Waals surface area contributed by atoms with Gasteiger partial charge in [0.1, 0.15) is 10.6 Å². The highest BCUT2D eigenvalue weighted by Crippen LogP contribution is 2.29. The molecule has 3 aromatic heterocycles. The molecule has 0 saturated heterocycles. The van der Waals surface area contributed by atoms with E-state index in [1.165, 1.54) is 11.3 Å². The maximum Gasteiger partial charge on any atom is 0.264 e. The third-order valence-corrected chi connectivity index (χ3v) is 5.85. The van der Waals surface area contributed by atoms with E-state index in [-0.39, 0.29) is 11.7 Å². The molecule has 0 atom stereocenters. The Morgan fingerprint density at radius 2 is 2.20 bits per heavy atom. The van der Waals surface area contributed by atoms with E-state index in [4.69, 9.17) is 0 Å². The van der Waals surface area contributed by atoms with Gasteiger partial charge in [-0.1, -0.05) is 25.1 Å². The van der Waals surface area contributed by atoms with Crippen LogP contribution in [0.2, 0.25) is 0 Å². The number of rotatable bonds is 5. The van der Waals surface area contributed by atoms with Crippen LogP contribution in [0.15, 0.2) is 41.9 Å². The Morgan fingerprint density at radius 3 is 3.00 bits per heavy atom. The molecule has 7 heteroatoms. The number of carbonyl (C=O) groups excluding carboxylic acids is 1. The van der Waals surface area contributed by atoms with Crippen molar-refractivity contribution in [1.29, 1.82) is 0 Å². The number of phenols is 1. The summed E-state index contributed by atoms with van der Waals surface area (Å²) in [6.07, 6.45) is 2.83. The number of phenolic OH excluding ortho intramolecular Hbond substituents is 1. The van der Waals surface area contributed by atoms with Crippen LogP contribution < -0.4 is 0 Å². The molecule has 3 heterocycles. The third kappa shape index (κ3) is 2.89. The van der Waals surface area contributed by atoms with Gasteiger partial charge in [-0.3, -0.25) is 9.20 Å². The van der Waals surface area contributed by atoms with Gasteiger partial charge in [0.05, 0.1) is 10.4 Å². The third-order valence-electron chi connectivity index (χ3n) is 4.08. The van der Waals surface area contributed by atoms with E-state index in [9.17, 15) is 9.90 Å². The normalized spacial score (nSPS) is 11.4. The van der Waals surface area contributed by atoms with Gasteiger partial charge in [-0.2, -0.15) is 0 Å². The summed E-state index contributed by atoms with van der Waals surface area (Å²) in [6.45, 7) is 3.09. The molecule has 0 aliphatic rings. The van der Waals surface area contributed by atoms with Crippen molar-refractivity contribution in [3.8, 4) is 5.75 Å². The average Bonchev–Trinajstić information content (AvgIpc) is 3.27. The van der Waals surface area contributed by atoms with Crippen LogP contribution >= 0.6 is 22.7 Å². The lowest BCUT2D eigenvalue weighted by molar-refractivity contribution is 0.0747. The molecule has 25 heavy (non-hydrogen) atoms. The molecule has 4 rings (SSSR count). The molecular weight excluding hydrogens is 354 g/mol. The highest BCUT2D eigenvalue weighted by Gasteiger charge is 2.21. The van der Waals surface area contributed by atoms with Gasteiger partial charge >= 0.3 is 0 Å². The fourth-order valence-corrected chi connectivity index (χ4v) is 4.65. The van der Waals surface area contributed by atoms with Crippen LogP contribution in [0.1, 0.15) is 28.6 Å². The lowest BCUT2D eigenvalue weighted by atomic mass is 10.2. The summed E-state index contributed by atoms with van der Waals surface area (Å²) in [5.41, 5.74) is 1.73. The van der Waals surface area contributed by atoms with Gasteiger partial charge in [0.15, 0.2) is 4.96 Å². The Kier molecular flexibility index (Phi) is 4.19. The first kappa shape index (κ1) is 16.1. The number of carbonyl (C=O) groups is 1. The molecular formula is C18H17N3O2S2. The van der Waals surface area contributed by atoms with Crippen LogP contribution in [-0.2, 0) is 6.54 Å². The summed E-state index contributed by atoms with van der Waals surface area (Å²) >= 11 is 3.01. The van der Waals surface area contributed by atoms with Crippen molar-refractivity contribution in [2.75, 3.05) is 6.54 Å². The molecule has 1 amide bonds. The number of fused-ring (bicyclic) bond motifs is 3. The van der Waals surface area contributed by atoms with E-state index in [0.717, 1.165) is 27.3 Å². The number of hydrogen-bond acceptors (Lipinski definition) is 5. The van der Waals surface area contributed by atoms with E-state index in [1.54, 1.807) is 28.4 Å². The monoisotopic (exact) mass is 371 g/mol. The Labute approximate surface area is 152 Å². The van der Waals surface area contributed by atoms with Crippen LogP contribution in [0.3, 0.4) is 0 Å². The molecule has 1 N–H and O–H groups in total. The van der Waals surface area contributed by atoms with Crippen molar-refractivity contribution in [2.45, 2.75) is 19.9 Å². The van der Waals surface area contributed by atoms with E-state index >= 15 is 0 Å². The predicted molar refractivity (Wildman–Crippen MR) is 102 cm³/mol. The molecule has 128 valence electrons. The minimum absolute atomic E-state index is 0.0166. The number of thiazole rings is 1. The predicted octanol–water partition coefficient (Wildman–Crippen LogP) is 4.37. The maximum atomic E-state index is 13.0. The smallest absolute Gasteiger partial charge is 0.264 e. The first-order chi connectivity index (χ1) is 12.2. The first-order valence-electron chi connectivity index (χ1n) is 8.08. The highest BCUT2D eigenvalue weighted by atomic mass is 32.1. The zero-order valence-corrected chi connectivity index (χ0v) is 15.3. The lowest BCUT2D eigenvalue weighted by Crippen LogP contribution is -2.30. The molecule has 0 saturated carbocycles. The molecule has 0 fully saturated rings. The lowest BCUT2D eigenvalue weighted by Gasteiger charge is -2.22. The standard InChI is InChI=1S/C18H17N3O2S2/c1-2-7-20(11-12-5-3-4-6-14(12)22)17(23)15-10-13-16(25-15)19-18-21(13)8-9-24-18/h3-6,8-10,22H,2,7,11H2,1H3. The van der Waals surface area contributed by atoms with Crippen LogP contribution in [-0.4, -0.2) is 31.8 Å². The minimum Gasteiger partial charge on any atom is -0.508 e. The Bertz CT molecular complexity index is 1050. The maximum absolute atomic E-state index is 13.0. The Morgan fingerprint density at radius 1 is 1.36 bits per heavy atom. The van der Waals surface area contributed by atoms with Gasteiger partial charge in [0, 0.05) is 30.2 Å². The first-order valence-corrected chi connectivity index (χ1v) is 9.78. The second-order valence-electron chi connectivity index (χ2n) is 5.82. The highest BCUT2D eigenvalue weighted by molar-refractivity contribution is 7.21. The van der Waals surface area contributed by atoms with Crippen LogP contribution in [0.4, 0.5) is 0 Å². The van der Waals surface area contributed by atoms with Crippen molar-refractivity contribution < 1.29 is 9.90 Å². The van der Waals surface area contributed by atoms with Gasteiger partial charge < -0.3 is 10.0 Å². The molecule has 0 bridgehead atoms. The van der Waals surface area contributed by atoms with Gasteiger partial charge in [0.25, 0.3) is 5.91 Å². The fourth-order valence-electron chi connectivity index (χ4n) is 2.88. The van der Waals surface area contributed by atoms with Crippen molar-refractivity contribution in [3.05, 3.63) is 52.3 Å². The molecule has 0 radical (unpaired) electrons. The summed E-state index contributed by atoms with van der Waals surface area (Å²) in [4.78, 5) is 21.9. The molecule has 0 aliphatic carbocycles.